The molecule has 27 heavy (non-hydrogen) atoms. The summed E-state index contributed by atoms with van der Waals surface area (Å²) in [4.78, 5) is 26.3. The minimum Gasteiger partial charge on any atom is -0.483 e. The lowest BCUT2D eigenvalue weighted by Gasteiger charge is -2.35. The van der Waals surface area contributed by atoms with E-state index in [1.165, 1.54) is 0 Å². The molecular weight excluding hydrogens is 342 g/mol. The smallest absolute Gasteiger partial charge is 0.260 e. The highest BCUT2D eigenvalue weighted by Crippen LogP contribution is 2.25. The Morgan fingerprint density at radius 1 is 1.15 bits per heavy atom. The fourth-order valence-electron chi connectivity index (χ4n) is 3.54. The van der Waals surface area contributed by atoms with Gasteiger partial charge in [-0.2, -0.15) is 0 Å². The largest absolute Gasteiger partial charge is 0.483 e. The molecular formula is C21H27N3O3. The number of piperidine rings is 1. The van der Waals surface area contributed by atoms with Gasteiger partial charge in [0.05, 0.1) is 0 Å². The van der Waals surface area contributed by atoms with E-state index in [4.69, 9.17) is 10.5 Å². The molecule has 1 saturated heterocycles. The average Bonchev–Trinajstić information content (AvgIpc) is 2.71. The highest BCUT2D eigenvalue weighted by Gasteiger charge is 2.27. The molecule has 6 nitrogen and oxygen atoms in total. The predicted octanol–water partition coefficient (Wildman–Crippen LogP) is 2.06. The summed E-state index contributed by atoms with van der Waals surface area (Å²) in [5.41, 5.74) is 5.41. The maximum atomic E-state index is 12.8. The number of nitrogens with two attached hydrogens (primary N) is 1. The van der Waals surface area contributed by atoms with Gasteiger partial charge in [-0.05, 0) is 30.7 Å². The van der Waals surface area contributed by atoms with Crippen molar-refractivity contribution in [1.29, 1.82) is 0 Å². The van der Waals surface area contributed by atoms with Crippen LogP contribution in [-0.4, -0.2) is 49.0 Å². The third kappa shape index (κ3) is 4.98. The Morgan fingerprint density at radius 3 is 2.81 bits per heavy atom. The number of hydrogen-bond donors (Lipinski definition) is 2. The normalized spacial score (nSPS) is 16.9. The summed E-state index contributed by atoms with van der Waals surface area (Å²) in [6, 6.07) is 13.8. The molecule has 0 radical (unpaired) electrons. The Labute approximate surface area is 159 Å². The second kappa shape index (κ2) is 9.37. The number of nitrogens with zero attached hydrogens (tertiary/aromatic N) is 1. The van der Waals surface area contributed by atoms with Crippen molar-refractivity contribution in [2.45, 2.75) is 31.7 Å². The van der Waals surface area contributed by atoms with E-state index in [0.29, 0.717) is 31.8 Å². The molecule has 0 aliphatic carbocycles. The number of likely N-dealkylation sites (tertiary alicyclic amines) is 1. The number of nitrogens with one attached hydrogen (secondary N) is 1. The van der Waals surface area contributed by atoms with Crippen LogP contribution < -0.4 is 15.8 Å². The highest BCUT2D eigenvalue weighted by molar-refractivity contribution is 5.88. The van der Waals surface area contributed by atoms with Crippen LogP contribution in [0.2, 0.25) is 0 Å². The summed E-state index contributed by atoms with van der Waals surface area (Å²) in [5.74, 6) is 0.606. The quantitative estimate of drug-likeness (QED) is 0.782. The van der Waals surface area contributed by atoms with Crippen LogP contribution in [0.1, 0.15) is 25.7 Å². The first kappa shape index (κ1) is 19.2. The van der Waals surface area contributed by atoms with Crippen LogP contribution in [0.25, 0.3) is 10.8 Å². The van der Waals surface area contributed by atoms with Gasteiger partial charge in [-0.1, -0.05) is 36.4 Å². The van der Waals surface area contributed by atoms with Crippen LogP contribution in [-0.2, 0) is 9.59 Å². The Kier molecular flexibility index (Phi) is 6.65. The van der Waals surface area contributed by atoms with E-state index < -0.39 is 0 Å². The second-order valence-corrected chi connectivity index (χ2v) is 6.85. The second-order valence-electron chi connectivity index (χ2n) is 6.85. The molecule has 0 aromatic heterocycles. The zero-order chi connectivity index (χ0) is 19.1. The van der Waals surface area contributed by atoms with Gasteiger partial charge in [0.25, 0.3) is 5.91 Å². The Bertz CT molecular complexity index is 788. The number of amides is 2. The van der Waals surface area contributed by atoms with Gasteiger partial charge in [0.15, 0.2) is 6.61 Å². The van der Waals surface area contributed by atoms with Crippen molar-refractivity contribution in [1.82, 2.24) is 10.2 Å². The maximum Gasteiger partial charge on any atom is 0.260 e. The van der Waals surface area contributed by atoms with Crippen LogP contribution in [0, 0.1) is 0 Å². The number of hydrogen-bond acceptors (Lipinski definition) is 4. The molecule has 3 N–H and O–H groups in total. The molecule has 2 amide bonds. The zero-order valence-corrected chi connectivity index (χ0v) is 15.5. The van der Waals surface area contributed by atoms with E-state index in [2.05, 4.69) is 5.32 Å². The van der Waals surface area contributed by atoms with E-state index in [0.717, 1.165) is 30.0 Å². The first-order valence-electron chi connectivity index (χ1n) is 9.56. The minimum absolute atomic E-state index is 0.00124. The lowest BCUT2D eigenvalue weighted by molar-refractivity contribution is -0.137. The first-order valence-corrected chi connectivity index (χ1v) is 9.56. The van der Waals surface area contributed by atoms with Crippen LogP contribution in [0.4, 0.5) is 0 Å². The summed E-state index contributed by atoms with van der Waals surface area (Å²) in [7, 11) is 0. The third-order valence-corrected chi connectivity index (χ3v) is 4.95. The Hall–Kier alpha value is -2.60. The van der Waals surface area contributed by atoms with Crippen molar-refractivity contribution >= 4 is 22.6 Å². The van der Waals surface area contributed by atoms with E-state index in [1.807, 2.05) is 47.4 Å². The lowest BCUT2D eigenvalue weighted by atomic mass is 10.0. The molecule has 0 saturated carbocycles. The fraction of sp³-hybridized carbons (Fsp3) is 0.429. The van der Waals surface area contributed by atoms with Gasteiger partial charge in [0, 0.05) is 37.5 Å². The number of carbonyl (C=O) groups excluding carboxylic acids is 2. The third-order valence-electron chi connectivity index (χ3n) is 4.95. The molecule has 1 heterocycles. The molecule has 2 aromatic rings. The molecule has 1 fully saturated rings. The van der Waals surface area contributed by atoms with Crippen LogP contribution in [0.3, 0.4) is 0 Å². The standard InChI is InChI=1S/C21H27N3O3/c22-12-11-20(25)23-14-17-8-3-4-13-24(17)21(26)15-27-19-10-5-7-16-6-1-2-9-18(16)19/h1-2,5-7,9-10,17H,3-4,8,11-15,22H2,(H,23,25). The van der Waals surface area contributed by atoms with Gasteiger partial charge < -0.3 is 20.7 Å². The SMILES string of the molecule is NCCC(=O)NCC1CCCCN1C(=O)COc1cccc2ccccc12. The van der Waals surface area contributed by atoms with Gasteiger partial charge in [-0.3, -0.25) is 9.59 Å². The molecule has 1 aliphatic rings. The molecule has 0 spiro atoms. The molecule has 1 atom stereocenters. The van der Waals surface area contributed by atoms with Gasteiger partial charge in [-0.15, -0.1) is 0 Å². The number of fused-ring (bicyclic) bond motifs is 1. The lowest BCUT2D eigenvalue weighted by Crippen LogP contribution is -2.50. The maximum absolute atomic E-state index is 12.8. The topological polar surface area (TPSA) is 84.7 Å². The van der Waals surface area contributed by atoms with Gasteiger partial charge in [0.1, 0.15) is 5.75 Å². The van der Waals surface area contributed by atoms with Crippen LogP contribution >= 0.6 is 0 Å². The average molecular weight is 369 g/mol. The van der Waals surface area contributed by atoms with Crippen molar-refractivity contribution < 1.29 is 14.3 Å². The van der Waals surface area contributed by atoms with Gasteiger partial charge in [0.2, 0.25) is 5.91 Å². The van der Waals surface area contributed by atoms with Gasteiger partial charge >= 0.3 is 0 Å². The molecule has 6 heteroatoms. The number of carbonyl (C=O) groups is 2. The van der Waals surface area contributed by atoms with Crippen LogP contribution in [0.15, 0.2) is 42.5 Å². The Balaban J connectivity index is 1.60. The van der Waals surface area contributed by atoms with Crippen molar-refractivity contribution in [2.24, 2.45) is 5.73 Å². The highest BCUT2D eigenvalue weighted by atomic mass is 16.5. The summed E-state index contributed by atoms with van der Waals surface area (Å²) in [5, 5.41) is 4.96. The van der Waals surface area contributed by atoms with Crippen molar-refractivity contribution in [3.8, 4) is 5.75 Å². The Morgan fingerprint density at radius 2 is 1.96 bits per heavy atom. The van der Waals surface area contributed by atoms with E-state index >= 15 is 0 Å². The van der Waals surface area contributed by atoms with E-state index in [9.17, 15) is 9.59 Å². The van der Waals surface area contributed by atoms with Gasteiger partial charge in [-0.25, -0.2) is 0 Å². The predicted molar refractivity (Wildman–Crippen MR) is 105 cm³/mol. The summed E-state index contributed by atoms with van der Waals surface area (Å²) in [6.07, 6.45) is 3.24. The minimum atomic E-state index is -0.0672. The van der Waals surface area contributed by atoms with E-state index in [1.54, 1.807) is 0 Å². The summed E-state index contributed by atoms with van der Waals surface area (Å²) in [6.45, 7) is 1.51. The van der Waals surface area contributed by atoms with Crippen molar-refractivity contribution in [3.05, 3.63) is 42.5 Å². The van der Waals surface area contributed by atoms with Crippen molar-refractivity contribution in [3.63, 3.8) is 0 Å². The zero-order valence-electron chi connectivity index (χ0n) is 15.5. The first-order chi connectivity index (χ1) is 13.2. The monoisotopic (exact) mass is 369 g/mol. The molecule has 2 aromatic carbocycles. The molecule has 144 valence electrons. The summed E-state index contributed by atoms with van der Waals surface area (Å²) < 4.78 is 5.85. The summed E-state index contributed by atoms with van der Waals surface area (Å²) >= 11 is 0. The fourth-order valence-corrected chi connectivity index (χ4v) is 3.54. The van der Waals surface area contributed by atoms with Crippen molar-refractivity contribution in [2.75, 3.05) is 26.2 Å². The number of rotatable bonds is 7. The molecule has 0 bridgehead atoms. The molecule has 1 unspecified atom stereocenters. The number of ether oxygens (including phenoxy) is 1. The number of benzene rings is 2. The van der Waals surface area contributed by atoms with E-state index in [-0.39, 0.29) is 24.5 Å². The molecule has 3 rings (SSSR count). The molecule has 1 aliphatic heterocycles. The van der Waals surface area contributed by atoms with Crippen LogP contribution in [0.5, 0.6) is 5.75 Å².